The lowest BCUT2D eigenvalue weighted by Crippen LogP contribution is -2.41. The minimum absolute atomic E-state index is 0.0418. The fourth-order valence-corrected chi connectivity index (χ4v) is 3.14. The van der Waals surface area contributed by atoms with Crippen molar-refractivity contribution >= 4 is 17.7 Å². The summed E-state index contributed by atoms with van der Waals surface area (Å²) < 4.78 is 5.31. The van der Waals surface area contributed by atoms with Crippen molar-refractivity contribution in [2.24, 2.45) is 11.3 Å². The first-order valence-corrected chi connectivity index (χ1v) is 8.91. The summed E-state index contributed by atoms with van der Waals surface area (Å²) in [6, 6.07) is 6.89. The van der Waals surface area contributed by atoms with Crippen molar-refractivity contribution in [3.8, 4) is 5.75 Å². The van der Waals surface area contributed by atoms with E-state index >= 15 is 0 Å². The van der Waals surface area contributed by atoms with Crippen LogP contribution in [0.4, 0.5) is 10.5 Å². The number of amides is 2. The number of benzene rings is 1. The van der Waals surface area contributed by atoms with Crippen LogP contribution in [-0.4, -0.2) is 30.1 Å². The lowest BCUT2D eigenvalue weighted by atomic mass is 9.83. The molecule has 1 aliphatic heterocycles. The molecule has 138 valence electrons. The fourth-order valence-electron chi connectivity index (χ4n) is 3.14. The lowest BCUT2D eigenvalue weighted by Gasteiger charge is -2.25. The first-order chi connectivity index (χ1) is 11.8. The molecule has 1 aromatic rings. The van der Waals surface area contributed by atoms with Gasteiger partial charge >= 0.3 is 6.09 Å². The van der Waals surface area contributed by atoms with Crippen molar-refractivity contribution < 1.29 is 14.3 Å². The smallest absolute Gasteiger partial charge is 0.409 e. The normalized spacial score (nSPS) is 15.2. The molecular formula is C19H29N3O3. The molecule has 0 spiro atoms. The standard InChI is InChI=1S/C19H29N3O3/c1-14(2)13-19(3,4)17(23)20-15-8-7-9-16(12-15)25-18(24)21-22-10-5-6-11-22/h7-9,12,14H,5-6,10-11,13H2,1-4H3,(H,20,23)(H,21,24). The fraction of sp³-hybridized carbons (Fsp3) is 0.579. The molecule has 2 amide bonds. The largest absolute Gasteiger partial charge is 0.427 e. The zero-order valence-corrected chi connectivity index (χ0v) is 15.6. The van der Waals surface area contributed by atoms with Gasteiger partial charge in [0.2, 0.25) is 5.91 Å². The molecule has 1 fully saturated rings. The van der Waals surface area contributed by atoms with Crippen LogP contribution in [0.2, 0.25) is 0 Å². The van der Waals surface area contributed by atoms with Crippen LogP contribution >= 0.6 is 0 Å². The minimum Gasteiger partial charge on any atom is -0.409 e. The van der Waals surface area contributed by atoms with Gasteiger partial charge in [-0.2, -0.15) is 0 Å². The van der Waals surface area contributed by atoms with Crippen LogP contribution in [0, 0.1) is 11.3 Å². The number of nitrogens with one attached hydrogen (secondary N) is 2. The Kier molecular flexibility index (Phi) is 6.42. The number of nitrogens with zero attached hydrogens (tertiary/aromatic N) is 1. The zero-order valence-electron chi connectivity index (χ0n) is 15.6. The highest BCUT2D eigenvalue weighted by atomic mass is 16.6. The lowest BCUT2D eigenvalue weighted by molar-refractivity contribution is -0.124. The SMILES string of the molecule is CC(C)CC(C)(C)C(=O)Nc1cccc(OC(=O)NN2CCCC2)c1. The van der Waals surface area contributed by atoms with E-state index in [1.807, 2.05) is 18.9 Å². The van der Waals surface area contributed by atoms with Gasteiger partial charge < -0.3 is 10.1 Å². The molecule has 0 aromatic heterocycles. The maximum Gasteiger partial charge on any atom is 0.427 e. The van der Waals surface area contributed by atoms with E-state index in [1.165, 1.54) is 0 Å². The highest BCUT2D eigenvalue weighted by Gasteiger charge is 2.28. The number of ether oxygens (including phenoxy) is 1. The summed E-state index contributed by atoms with van der Waals surface area (Å²) >= 11 is 0. The first kappa shape index (κ1) is 19.2. The van der Waals surface area contributed by atoms with Crippen molar-refractivity contribution in [3.05, 3.63) is 24.3 Å². The van der Waals surface area contributed by atoms with Crippen molar-refractivity contribution in [1.29, 1.82) is 0 Å². The molecule has 0 aliphatic carbocycles. The highest BCUT2D eigenvalue weighted by molar-refractivity contribution is 5.95. The number of anilines is 1. The molecule has 6 heteroatoms. The van der Waals surface area contributed by atoms with Gasteiger partial charge in [-0.25, -0.2) is 9.80 Å². The van der Waals surface area contributed by atoms with Gasteiger partial charge in [-0.1, -0.05) is 33.8 Å². The quantitative estimate of drug-likeness (QED) is 0.821. The zero-order chi connectivity index (χ0) is 18.4. The molecule has 6 nitrogen and oxygen atoms in total. The Morgan fingerprint density at radius 1 is 1.24 bits per heavy atom. The van der Waals surface area contributed by atoms with Crippen LogP contribution in [0.25, 0.3) is 0 Å². The molecule has 25 heavy (non-hydrogen) atoms. The van der Waals surface area contributed by atoms with E-state index in [-0.39, 0.29) is 5.91 Å². The summed E-state index contributed by atoms with van der Waals surface area (Å²) in [4.78, 5) is 24.4. The molecular weight excluding hydrogens is 318 g/mol. The van der Waals surface area contributed by atoms with Gasteiger partial charge in [0.1, 0.15) is 5.75 Å². The van der Waals surface area contributed by atoms with Crippen LogP contribution in [0.3, 0.4) is 0 Å². The minimum atomic E-state index is -0.509. The van der Waals surface area contributed by atoms with Crippen LogP contribution in [0.5, 0.6) is 5.75 Å². The van der Waals surface area contributed by atoms with Crippen molar-refractivity contribution in [2.45, 2.75) is 47.0 Å². The van der Waals surface area contributed by atoms with Crippen molar-refractivity contribution in [3.63, 3.8) is 0 Å². The summed E-state index contributed by atoms with van der Waals surface area (Å²) in [5.41, 5.74) is 2.88. The Labute approximate surface area is 149 Å². The van der Waals surface area contributed by atoms with E-state index in [1.54, 1.807) is 24.3 Å². The molecule has 0 unspecified atom stereocenters. The second-order valence-corrected chi connectivity index (χ2v) is 7.66. The molecule has 0 radical (unpaired) electrons. The summed E-state index contributed by atoms with van der Waals surface area (Å²) in [5, 5.41) is 4.76. The number of hydrogen-bond acceptors (Lipinski definition) is 4. The van der Waals surface area contributed by atoms with Gasteiger partial charge in [0.15, 0.2) is 0 Å². The molecule has 1 heterocycles. The summed E-state index contributed by atoms with van der Waals surface area (Å²) in [6.45, 7) is 9.76. The van der Waals surface area contributed by atoms with E-state index in [0.717, 1.165) is 32.4 Å². The van der Waals surface area contributed by atoms with Crippen LogP contribution in [0.15, 0.2) is 24.3 Å². The average molecular weight is 347 g/mol. The predicted octanol–water partition coefficient (Wildman–Crippen LogP) is 3.80. The van der Waals surface area contributed by atoms with Crippen LogP contribution < -0.4 is 15.5 Å². The molecule has 2 rings (SSSR count). The highest BCUT2D eigenvalue weighted by Crippen LogP contribution is 2.28. The van der Waals surface area contributed by atoms with Gasteiger partial charge in [0, 0.05) is 30.3 Å². The Bertz CT molecular complexity index is 608. The third kappa shape index (κ3) is 6.05. The van der Waals surface area contributed by atoms with Gasteiger partial charge in [0.05, 0.1) is 0 Å². The molecule has 0 atom stereocenters. The second-order valence-electron chi connectivity index (χ2n) is 7.66. The predicted molar refractivity (Wildman–Crippen MR) is 98.3 cm³/mol. The van der Waals surface area contributed by atoms with Gasteiger partial charge in [-0.3, -0.25) is 10.2 Å². The van der Waals surface area contributed by atoms with E-state index in [4.69, 9.17) is 4.74 Å². The van der Waals surface area contributed by atoms with Crippen molar-refractivity contribution in [1.82, 2.24) is 10.4 Å². The monoisotopic (exact) mass is 347 g/mol. The molecule has 1 aliphatic rings. The Balaban J connectivity index is 1.93. The number of carbonyl (C=O) groups is 2. The number of hydrazine groups is 1. The summed E-state index contributed by atoms with van der Waals surface area (Å²) in [7, 11) is 0. The maximum atomic E-state index is 12.5. The topological polar surface area (TPSA) is 70.7 Å². The molecule has 1 aromatic carbocycles. The van der Waals surface area contributed by atoms with Gasteiger partial charge in [-0.15, -0.1) is 0 Å². The Morgan fingerprint density at radius 2 is 1.92 bits per heavy atom. The molecule has 2 N–H and O–H groups in total. The Hall–Kier alpha value is -2.08. The van der Waals surface area contributed by atoms with E-state index in [2.05, 4.69) is 24.6 Å². The first-order valence-electron chi connectivity index (χ1n) is 8.91. The average Bonchev–Trinajstić information content (AvgIpc) is 2.98. The van der Waals surface area contributed by atoms with E-state index in [0.29, 0.717) is 17.4 Å². The van der Waals surface area contributed by atoms with Crippen molar-refractivity contribution in [2.75, 3.05) is 18.4 Å². The second kappa shape index (κ2) is 8.34. The van der Waals surface area contributed by atoms with Crippen LogP contribution in [-0.2, 0) is 4.79 Å². The third-order valence-corrected chi connectivity index (χ3v) is 4.19. The van der Waals surface area contributed by atoms with E-state index < -0.39 is 11.5 Å². The van der Waals surface area contributed by atoms with Crippen LogP contribution in [0.1, 0.15) is 47.0 Å². The molecule has 0 bridgehead atoms. The van der Waals surface area contributed by atoms with E-state index in [9.17, 15) is 9.59 Å². The maximum absolute atomic E-state index is 12.5. The van der Waals surface area contributed by atoms with Gasteiger partial charge in [0.25, 0.3) is 0 Å². The number of hydrogen-bond donors (Lipinski definition) is 2. The third-order valence-electron chi connectivity index (χ3n) is 4.19. The summed E-state index contributed by atoms with van der Waals surface area (Å²) in [6.07, 6.45) is 2.44. The number of carbonyl (C=O) groups excluding carboxylic acids is 2. The molecule has 1 saturated heterocycles. The number of rotatable bonds is 6. The molecule has 0 saturated carbocycles. The van der Waals surface area contributed by atoms with Gasteiger partial charge in [-0.05, 0) is 37.3 Å². The Morgan fingerprint density at radius 3 is 2.56 bits per heavy atom. The summed E-state index contributed by atoms with van der Waals surface area (Å²) in [5.74, 6) is 0.792.